The maximum absolute atomic E-state index is 5.93. The van der Waals surface area contributed by atoms with Crippen LogP contribution in [-0.2, 0) is 24.9 Å². The topological polar surface area (TPSA) is 46.4 Å². The molecule has 0 spiro atoms. The first kappa shape index (κ1) is 17.5. The second kappa shape index (κ2) is 7.74. The Bertz CT molecular complexity index is 666. The lowest BCUT2D eigenvalue weighted by molar-refractivity contribution is 0.0837. The van der Waals surface area contributed by atoms with E-state index in [1.165, 1.54) is 15.4 Å². The third-order valence-corrected chi connectivity index (χ3v) is 5.35. The van der Waals surface area contributed by atoms with E-state index in [2.05, 4.69) is 53.3 Å². The van der Waals surface area contributed by atoms with Crippen molar-refractivity contribution in [3.63, 3.8) is 0 Å². The molecule has 24 heavy (non-hydrogen) atoms. The fraction of sp³-hybridized carbons (Fsp3) is 0.647. The zero-order valence-corrected chi connectivity index (χ0v) is 15.8. The van der Waals surface area contributed by atoms with Gasteiger partial charge >= 0.3 is 0 Å². The molecule has 0 radical (unpaired) electrons. The van der Waals surface area contributed by atoms with Crippen molar-refractivity contribution in [2.75, 3.05) is 40.4 Å². The highest BCUT2D eigenvalue weighted by molar-refractivity contribution is 7.11. The van der Waals surface area contributed by atoms with E-state index in [0.29, 0.717) is 5.92 Å². The van der Waals surface area contributed by atoms with Gasteiger partial charge in [0.15, 0.2) is 0 Å². The predicted molar refractivity (Wildman–Crippen MR) is 96.3 cm³/mol. The molecule has 3 heterocycles. The second-order valence-corrected chi connectivity index (χ2v) is 8.17. The molecule has 1 atom stereocenters. The molecule has 132 valence electrons. The number of nitrogens with zero attached hydrogens (tertiary/aromatic N) is 5. The Hall–Kier alpha value is -1.28. The van der Waals surface area contributed by atoms with E-state index in [0.717, 1.165) is 45.1 Å². The molecule has 0 saturated heterocycles. The van der Waals surface area contributed by atoms with E-state index in [1.54, 1.807) is 0 Å². The number of hydrogen-bond acceptors (Lipinski definition) is 6. The quantitative estimate of drug-likeness (QED) is 0.714. The summed E-state index contributed by atoms with van der Waals surface area (Å²) in [5.74, 6) is 0.331. The predicted octanol–water partition coefficient (Wildman–Crippen LogP) is 1.86. The number of aryl methyl sites for hydroxylation is 2. The van der Waals surface area contributed by atoms with Gasteiger partial charge in [0.1, 0.15) is 5.69 Å². The SMILES string of the molecule is Cc1ccc(CN2Cc3nnn(C)c3[C@H](COCCN(C)C)C2)s1. The van der Waals surface area contributed by atoms with Gasteiger partial charge in [-0.1, -0.05) is 5.21 Å². The molecule has 1 aliphatic heterocycles. The first-order chi connectivity index (χ1) is 11.5. The highest BCUT2D eigenvalue weighted by atomic mass is 32.1. The molecule has 0 amide bonds. The molecule has 7 heteroatoms. The molecule has 2 aromatic rings. The summed E-state index contributed by atoms with van der Waals surface area (Å²) in [7, 11) is 6.12. The average Bonchev–Trinajstić information content (AvgIpc) is 3.10. The number of thiophene rings is 1. The Kier molecular flexibility index (Phi) is 5.65. The van der Waals surface area contributed by atoms with Crippen molar-refractivity contribution >= 4 is 11.3 Å². The standard InChI is InChI=1S/C17H27N5OS/c1-13-5-6-15(24-13)10-22-9-14(12-23-8-7-20(2)3)17-16(11-22)18-19-21(17)4/h5-6,14H,7-12H2,1-4H3/t14-/m0/s1. The Balaban J connectivity index is 1.65. The van der Waals surface area contributed by atoms with E-state index in [1.807, 2.05) is 23.1 Å². The fourth-order valence-corrected chi connectivity index (χ4v) is 4.14. The summed E-state index contributed by atoms with van der Waals surface area (Å²) in [6.45, 7) is 7.42. The van der Waals surface area contributed by atoms with Gasteiger partial charge in [-0.25, -0.2) is 0 Å². The fourth-order valence-electron chi connectivity index (χ4n) is 3.21. The summed E-state index contributed by atoms with van der Waals surface area (Å²) in [5.41, 5.74) is 2.33. The highest BCUT2D eigenvalue weighted by Crippen LogP contribution is 2.29. The van der Waals surface area contributed by atoms with E-state index in [4.69, 9.17) is 4.74 Å². The van der Waals surface area contributed by atoms with Crippen LogP contribution in [0.2, 0.25) is 0 Å². The summed E-state index contributed by atoms with van der Waals surface area (Å²) in [5, 5.41) is 8.60. The first-order valence-corrected chi connectivity index (χ1v) is 9.23. The van der Waals surface area contributed by atoms with Crippen LogP contribution < -0.4 is 0 Å². The Morgan fingerprint density at radius 1 is 1.38 bits per heavy atom. The summed E-state index contributed by atoms with van der Waals surface area (Å²) in [4.78, 5) is 7.38. The molecule has 0 unspecified atom stereocenters. The maximum Gasteiger partial charge on any atom is 0.100 e. The number of rotatable bonds is 7. The van der Waals surface area contributed by atoms with E-state index in [9.17, 15) is 0 Å². The van der Waals surface area contributed by atoms with Crippen molar-refractivity contribution in [3.8, 4) is 0 Å². The first-order valence-electron chi connectivity index (χ1n) is 8.41. The average molecular weight is 350 g/mol. The Labute approximate surface area is 148 Å². The van der Waals surface area contributed by atoms with Crippen LogP contribution in [0.3, 0.4) is 0 Å². The number of fused-ring (bicyclic) bond motifs is 1. The minimum absolute atomic E-state index is 0.331. The van der Waals surface area contributed by atoms with Gasteiger partial charge in [0, 0.05) is 48.9 Å². The van der Waals surface area contributed by atoms with Crippen molar-refractivity contribution in [2.24, 2.45) is 7.05 Å². The van der Waals surface area contributed by atoms with Crippen LogP contribution in [-0.4, -0.2) is 65.2 Å². The molecule has 2 aromatic heterocycles. The minimum atomic E-state index is 0.331. The molecule has 6 nitrogen and oxygen atoms in total. The maximum atomic E-state index is 5.93. The van der Waals surface area contributed by atoms with Crippen molar-refractivity contribution in [1.29, 1.82) is 0 Å². The third-order valence-electron chi connectivity index (χ3n) is 4.36. The number of ether oxygens (including phenoxy) is 1. The molecule has 0 bridgehead atoms. The lowest BCUT2D eigenvalue weighted by atomic mass is 9.99. The van der Waals surface area contributed by atoms with Gasteiger partial charge in [0.25, 0.3) is 0 Å². The smallest absolute Gasteiger partial charge is 0.100 e. The molecule has 0 N–H and O–H groups in total. The van der Waals surface area contributed by atoms with Crippen LogP contribution in [0.1, 0.15) is 27.1 Å². The molecule has 0 fully saturated rings. The molecular weight excluding hydrogens is 322 g/mol. The van der Waals surface area contributed by atoms with Gasteiger partial charge < -0.3 is 9.64 Å². The normalized spacial score (nSPS) is 18.3. The number of hydrogen-bond donors (Lipinski definition) is 0. The zero-order valence-electron chi connectivity index (χ0n) is 15.0. The lowest BCUT2D eigenvalue weighted by Gasteiger charge is -2.31. The van der Waals surface area contributed by atoms with Crippen LogP contribution in [0.5, 0.6) is 0 Å². The Morgan fingerprint density at radius 3 is 2.92 bits per heavy atom. The summed E-state index contributed by atoms with van der Waals surface area (Å²) >= 11 is 1.87. The summed E-state index contributed by atoms with van der Waals surface area (Å²) < 4.78 is 7.85. The lowest BCUT2D eigenvalue weighted by Crippen LogP contribution is -2.36. The monoisotopic (exact) mass is 349 g/mol. The minimum Gasteiger partial charge on any atom is -0.379 e. The van der Waals surface area contributed by atoms with Crippen LogP contribution in [0.15, 0.2) is 12.1 Å². The van der Waals surface area contributed by atoms with Crippen LogP contribution in [0.25, 0.3) is 0 Å². The van der Waals surface area contributed by atoms with Crippen molar-refractivity contribution < 1.29 is 4.74 Å². The van der Waals surface area contributed by atoms with Crippen molar-refractivity contribution in [2.45, 2.75) is 25.9 Å². The van der Waals surface area contributed by atoms with Crippen LogP contribution in [0, 0.1) is 6.92 Å². The van der Waals surface area contributed by atoms with E-state index in [-0.39, 0.29) is 0 Å². The van der Waals surface area contributed by atoms with Crippen LogP contribution in [0.4, 0.5) is 0 Å². The number of aromatic nitrogens is 3. The van der Waals surface area contributed by atoms with Crippen molar-refractivity contribution in [1.82, 2.24) is 24.8 Å². The molecule has 1 aliphatic rings. The van der Waals surface area contributed by atoms with Gasteiger partial charge in [-0.2, -0.15) is 0 Å². The second-order valence-electron chi connectivity index (χ2n) is 6.80. The van der Waals surface area contributed by atoms with Gasteiger partial charge in [0.05, 0.1) is 18.9 Å². The number of likely N-dealkylation sites (N-methyl/N-ethyl adjacent to an activating group) is 1. The summed E-state index contributed by atoms with van der Waals surface area (Å²) in [6, 6.07) is 4.42. The summed E-state index contributed by atoms with van der Waals surface area (Å²) in [6.07, 6.45) is 0. The van der Waals surface area contributed by atoms with Gasteiger partial charge in [0.2, 0.25) is 0 Å². The molecular formula is C17H27N5OS. The van der Waals surface area contributed by atoms with Crippen molar-refractivity contribution in [3.05, 3.63) is 33.3 Å². The molecule has 0 saturated carbocycles. The van der Waals surface area contributed by atoms with Gasteiger partial charge in [-0.3, -0.25) is 9.58 Å². The van der Waals surface area contributed by atoms with E-state index < -0.39 is 0 Å². The van der Waals surface area contributed by atoms with Gasteiger partial charge in [-0.05, 0) is 33.2 Å². The van der Waals surface area contributed by atoms with Gasteiger partial charge in [-0.15, -0.1) is 16.4 Å². The van der Waals surface area contributed by atoms with Crippen LogP contribution >= 0.6 is 11.3 Å². The Morgan fingerprint density at radius 2 is 2.21 bits per heavy atom. The molecule has 3 rings (SSSR count). The largest absolute Gasteiger partial charge is 0.379 e. The zero-order chi connectivity index (χ0) is 17.1. The third kappa shape index (κ3) is 4.22. The molecule has 0 aromatic carbocycles. The molecule has 0 aliphatic carbocycles. The van der Waals surface area contributed by atoms with E-state index >= 15 is 0 Å². The highest BCUT2D eigenvalue weighted by Gasteiger charge is 2.30.